The Labute approximate surface area is 224 Å². The lowest BCUT2D eigenvalue weighted by molar-refractivity contribution is -0.137. The normalized spacial score (nSPS) is 16.6. The minimum absolute atomic E-state index is 0.00779. The summed E-state index contributed by atoms with van der Waals surface area (Å²) in [5.74, 6) is -0.155. The van der Waals surface area contributed by atoms with E-state index in [1.165, 1.54) is 5.56 Å². The quantitative estimate of drug-likeness (QED) is 0.319. The van der Waals surface area contributed by atoms with Crippen LogP contribution in [0.25, 0.3) is 11.0 Å². The molecule has 2 heterocycles. The van der Waals surface area contributed by atoms with Crippen LogP contribution in [0.4, 0.5) is 0 Å². The second-order valence-electron chi connectivity index (χ2n) is 10.3. The minimum atomic E-state index is -0.818. The number of benzene rings is 3. The molecule has 38 heavy (non-hydrogen) atoms. The summed E-state index contributed by atoms with van der Waals surface area (Å²) in [4.78, 5) is 14.6. The van der Waals surface area contributed by atoms with Crippen molar-refractivity contribution in [2.45, 2.75) is 72.2 Å². The van der Waals surface area contributed by atoms with Crippen LogP contribution in [0, 0.1) is 13.8 Å². The predicted octanol–water partition coefficient (Wildman–Crippen LogP) is 5.85. The lowest BCUT2D eigenvalue weighted by Gasteiger charge is -2.27. The highest BCUT2D eigenvalue weighted by atomic mass is 16.5. The molecule has 5 rings (SSSR count). The van der Waals surface area contributed by atoms with Crippen molar-refractivity contribution in [3.05, 3.63) is 88.0 Å². The minimum Gasteiger partial charge on any atom is -0.489 e. The zero-order valence-electron chi connectivity index (χ0n) is 22.6. The average Bonchev–Trinajstić information content (AvgIpc) is 3.23. The Balaban J connectivity index is 1.56. The van der Waals surface area contributed by atoms with E-state index in [4.69, 9.17) is 4.74 Å². The van der Waals surface area contributed by atoms with Crippen molar-refractivity contribution in [3.8, 4) is 5.75 Å². The van der Waals surface area contributed by atoms with E-state index in [9.17, 15) is 9.90 Å². The van der Waals surface area contributed by atoms with Gasteiger partial charge in [-0.25, -0.2) is 4.68 Å². The van der Waals surface area contributed by atoms with Crippen molar-refractivity contribution in [1.82, 2.24) is 19.9 Å². The van der Waals surface area contributed by atoms with Crippen LogP contribution in [0.3, 0.4) is 0 Å². The molecule has 0 spiro atoms. The number of ether oxygens (including phenoxy) is 1. The van der Waals surface area contributed by atoms with Crippen LogP contribution in [0.2, 0.25) is 0 Å². The molecule has 3 aromatic carbocycles. The Morgan fingerprint density at radius 3 is 2.66 bits per heavy atom. The maximum Gasteiger partial charge on any atom is 0.304 e. The number of carbonyl (C=O) groups is 1. The maximum atomic E-state index is 12.2. The number of aromatic nitrogens is 3. The van der Waals surface area contributed by atoms with Gasteiger partial charge >= 0.3 is 5.97 Å². The first-order valence-corrected chi connectivity index (χ1v) is 13.5. The molecule has 1 aliphatic heterocycles. The van der Waals surface area contributed by atoms with Crippen LogP contribution in [0.15, 0.2) is 54.6 Å². The van der Waals surface area contributed by atoms with Gasteiger partial charge in [-0.15, -0.1) is 5.10 Å². The van der Waals surface area contributed by atoms with Gasteiger partial charge in [0, 0.05) is 37.7 Å². The SMILES string of the molecule is CC[C@@H]1CN(Cc2cc(C)ccc2C(CC(=O)O)c2ccc3c(nnn3CC)c2C)Cc2ccccc2O1. The zero-order chi connectivity index (χ0) is 26.8. The number of aliphatic carboxylic acids is 1. The zero-order valence-corrected chi connectivity index (χ0v) is 22.6. The Kier molecular flexibility index (Phi) is 7.47. The molecule has 0 amide bonds. The van der Waals surface area contributed by atoms with E-state index >= 15 is 0 Å². The lowest BCUT2D eigenvalue weighted by atomic mass is 9.82. The summed E-state index contributed by atoms with van der Waals surface area (Å²) in [7, 11) is 0. The third-order valence-electron chi connectivity index (χ3n) is 7.68. The number of carboxylic acids is 1. The Hall–Kier alpha value is -3.71. The van der Waals surface area contributed by atoms with Crippen LogP contribution in [-0.2, 0) is 24.4 Å². The topological polar surface area (TPSA) is 80.5 Å². The van der Waals surface area contributed by atoms with Crippen molar-refractivity contribution in [2.75, 3.05) is 6.54 Å². The summed E-state index contributed by atoms with van der Waals surface area (Å²) in [5, 5.41) is 18.7. The van der Waals surface area contributed by atoms with Gasteiger partial charge in [-0.2, -0.15) is 0 Å². The fourth-order valence-corrected chi connectivity index (χ4v) is 5.70. The van der Waals surface area contributed by atoms with Gasteiger partial charge in [0.15, 0.2) is 0 Å². The number of nitrogens with zero attached hydrogens (tertiary/aromatic N) is 4. The first-order chi connectivity index (χ1) is 18.4. The van der Waals surface area contributed by atoms with Crippen LogP contribution < -0.4 is 4.74 Å². The third kappa shape index (κ3) is 5.16. The van der Waals surface area contributed by atoms with E-state index in [1.807, 2.05) is 30.7 Å². The molecule has 1 N–H and O–H groups in total. The summed E-state index contributed by atoms with van der Waals surface area (Å²) in [6, 6.07) is 18.8. The van der Waals surface area contributed by atoms with Crippen molar-refractivity contribution in [1.29, 1.82) is 0 Å². The number of aryl methyl sites for hydroxylation is 3. The highest BCUT2D eigenvalue weighted by Crippen LogP contribution is 2.36. The molecule has 0 bridgehead atoms. The summed E-state index contributed by atoms with van der Waals surface area (Å²) in [6.45, 7) is 11.4. The Morgan fingerprint density at radius 2 is 1.89 bits per heavy atom. The number of hydrogen-bond donors (Lipinski definition) is 1. The van der Waals surface area contributed by atoms with Crippen molar-refractivity contribution in [3.63, 3.8) is 0 Å². The largest absolute Gasteiger partial charge is 0.489 e. The molecule has 1 unspecified atom stereocenters. The van der Waals surface area contributed by atoms with Gasteiger partial charge in [0.05, 0.1) is 11.9 Å². The average molecular weight is 513 g/mol. The molecule has 0 fully saturated rings. The van der Waals surface area contributed by atoms with E-state index in [2.05, 4.69) is 71.5 Å². The molecule has 7 heteroatoms. The van der Waals surface area contributed by atoms with Gasteiger partial charge in [0.25, 0.3) is 0 Å². The molecular weight excluding hydrogens is 476 g/mol. The van der Waals surface area contributed by atoms with Crippen LogP contribution in [-0.4, -0.2) is 43.6 Å². The molecule has 0 aliphatic carbocycles. The maximum absolute atomic E-state index is 12.2. The highest BCUT2D eigenvalue weighted by molar-refractivity contribution is 5.80. The lowest BCUT2D eigenvalue weighted by Crippen LogP contribution is -2.32. The number of fused-ring (bicyclic) bond motifs is 2. The molecule has 0 saturated carbocycles. The van der Waals surface area contributed by atoms with Gasteiger partial charge in [-0.3, -0.25) is 9.69 Å². The van der Waals surface area contributed by atoms with E-state index in [0.29, 0.717) is 6.54 Å². The van der Waals surface area contributed by atoms with Gasteiger partial charge in [0.1, 0.15) is 17.4 Å². The predicted molar refractivity (Wildman–Crippen MR) is 148 cm³/mol. The van der Waals surface area contributed by atoms with Crippen LogP contribution in [0.1, 0.15) is 66.0 Å². The fourth-order valence-electron chi connectivity index (χ4n) is 5.70. The second-order valence-corrected chi connectivity index (χ2v) is 10.3. The Morgan fingerprint density at radius 1 is 1.11 bits per heavy atom. The summed E-state index contributed by atoms with van der Waals surface area (Å²) in [5.41, 5.74) is 8.33. The summed E-state index contributed by atoms with van der Waals surface area (Å²) >= 11 is 0. The number of para-hydroxylation sites is 1. The first-order valence-electron chi connectivity index (χ1n) is 13.5. The summed E-state index contributed by atoms with van der Waals surface area (Å²) in [6.07, 6.45) is 1.03. The third-order valence-corrected chi connectivity index (χ3v) is 7.68. The number of hydrogen-bond acceptors (Lipinski definition) is 5. The van der Waals surface area contributed by atoms with Gasteiger partial charge in [-0.1, -0.05) is 60.2 Å². The molecule has 1 aromatic heterocycles. The molecule has 198 valence electrons. The van der Waals surface area contributed by atoms with E-state index in [1.54, 1.807) is 0 Å². The second kappa shape index (κ2) is 11.0. The highest BCUT2D eigenvalue weighted by Gasteiger charge is 2.27. The molecule has 1 aliphatic rings. The monoisotopic (exact) mass is 512 g/mol. The molecular formula is C31H36N4O3. The smallest absolute Gasteiger partial charge is 0.304 e. The molecule has 4 aromatic rings. The molecule has 0 saturated heterocycles. The standard InChI is InChI=1S/C31H36N4O3/c1-5-24-19-34(17-22-9-7-8-10-29(22)38-24)18-23-15-20(3)11-12-26(23)27(16-30(36)37)25-13-14-28-31(21(25)4)32-33-35(28)6-2/h7-15,24,27H,5-6,16-19H2,1-4H3,(H,36,37)/t24-,27?/m1/s1. The van der Waals surface area contributed by atoms with Crippen molar-refractivity contribution in [2.24, 2.45) is 0 Å². The van der Waals surface area contributed by atoms with E-state index in [-0.39, 0.29) is 18.4 Å². The van der Waals surface area contributed by atoms with Gasteiger partial charge in [0.2, 0.25) is 0 Å². The van der Waals surface area contributed by atoms with Crippen molar-refractivity contribution >= 4 is 17.0 Å². The van der Waals surface area contributed by atoms with Crippen LogP contribution in [0.5, 0.6) is 5.75 Å². The van der Waals surface area contributed by atoms with E-state index in [0.717, 1.165) is 70.7 Å². The molecule has 0 radical (unpaired) electrons. The number of carboxylic acid groups (broad SMARTS) is 1. The van der Waals surface area contributed by atoms with Gasteiger partial charge < -0.3 is 9.84 Å². The first kappa shape index (κ1) is 25.9. The number of rotatable bonds is 8. The molecule has 7 nitrogen and oxygen atoms in total. The molecule has 2 atom stereocenters. The van der Waals surface area contributed by atoms with Crippen molar-refractivity contribution < 1.29 is 14.6 Å². The van der Waals surface area contributed by atoms with Gasteiger partial charge in [-0.05, 0) is 61.6 Å². The van der Waals surface area contributed by atoms with E-state index < -0.39 is 5.97 Å². The Bertz CT molecular complexity index is 1460. The summed E-state index contributed by atoms with van der Waals surface area (Å²) < 4.78 is 8.21. The fraction of sp³-hybridized carbons (Fsp3) is 0.387. The van der Waals surface area contributed by atoms with Crippen LogP contribution >= 0.6 is 0 Å².